The van der Waals surface area contributed by atoms with E-state index in [4.69, 9.17) is 0 Å². The van der Waals surface area contributed by atoms with Gasteiger partial charge in [-0.3, -0.25) is 4.68 Å². The van der Waals surface area contributed by atoms with Crippen molar-refractivity contribution in [1.29, 1.82) is 0 Å². The standard InChI is InChI=1S/C10H20N4O2S/c1-4-11-6-7-14-9-10(8-12-14)17(15,16)13(3)5-2/h8-9,11H,4-7H2,1-3H3. The third-order valence-electron chi connectivity index (χ3n) is 2.53. The van der Waals surface area contributed by atoms with Crippen LogP contribution in [-0.4, -0.2) is 49.2 Å². The highest BCUT2D eigenvalue weighted by molar-refractivity contribution is 7.89. The maximum atomic E-state index is 12.0. The summed E-state index contributed by atoms with van der Waals surface area (Å²) in [5.74, 6) is 0. The number of hydrogen-bond donors (Lipinski definition) is 1. The van der Waals surface area contributed by atoms with Gasteiger partial charge in [-0.05, 0) is 6.54 Å². The first-order valence-corrected chi connectivity index (χ1v) is 7.15. The minimum absolute atomic E-state index is 0.248. The van der Waals surface area contributed by atoms with Crippen molar-refractivity contribution in [1.82, 2.24) is 19.4 Å². The molecule has 0 aliphatic carbocycles. The topological polar surface area (TPSA) is 67.2 Å². The summed E-state index contributed by atoms with van der Waals surface area (Å²) in [6.07, 6.45) is 2.96. The second-order valence-corrected chi connectivity index (χ2v) is 5.76. The summed E-state index contributed by atoms with van der Waals surface area (Å²) >= 11 is 0. The first-order chi connectivity index (χ1) is 8.02. The molecule has 0 bridgehead atoms. The smallest absolute Gasteiger partial charge is 0.245 e. The van der Waals surface area contributed by atoms with Gasteiger partial charge in [0.1, 0.15) is 4.90 Å². The van der Waals surface area contributed by atoms with E-state index in [-0.39, 0.29) is 4.90 Å². The summed E-state index contributed by atoms with van der Waals surface area (Å²) in [6, 6.07) is 0. The van der Waals surface area contributed by atoms with Crippen molar-refractivity contribution in [2.45, 2.75) is 25.3 Å². The van der Waals surface area contributed by atoms with E-state index >= 15 is 0 Å². The Morgan fingerprint density at radius 1 is 1.47 bits per heavy atom. The first kappa shape index (κ1) is 14.1. The van der Waals surface area contributed by atoms with Gasteiger partial charge in [0, 0.05) is 26.3 Å². The molecule has 1 heterocycles. The van der Waals surface area contributed by atoms with Crippen molar-refractivity contribution in [3.8, 4) is 0 Å². The van der Waals surface area contributed by atoms with Gasteiger partial charge in [-0.25, -0.2) is 12.7 Å². The molecule has 0 aliphatic rings. The highest BCUT2D eigenvalue weighted by Gasteiger charge is 2.20. The number of rotatable bonds is 7. The van der Waals surface area contributed by atoms with E-state index in [1.54, 1.807) is 24.9 Å². The van der Waals surface area contributed by atoms with Crippen LogP contribution in [0.4, 0.5) is 0 Å². The lowest BCUT2D eigenvalue weighted by Gasteiger charge is -2.12. The molecule has 98 valence electrons. The molecule has 0 aliphatic heterocycles. The van der Waals surface area contributed by atoms with Gasteiger partial charge in [0.25, 0.3) is 0 Å². The molecule has 1 aromatic rings. The van der Waals surface area contributed by atoms with E-state index in [1.807, 2.05) is 6.92 Å². The van der Waals surface area contributed by atoms with Crippen molar-refractivity contribution in [2.75, 3.05) is 26.7 Å². The van der Waals surface area contributed by atoms with E-state index < -0.39 is 10.0 Å². The molecular formula is C10H20N4O2S. The number of aromatic nitrogens is 2. The molecule has 17 heavy (non-hydrogen) atoms. The minimum atomic E-state index is -3.37. The van der Waals surface area contributed by atoms with Gasteiger partial charge in [0.05, 0.1) is 12.7 Å². The SMILES string of the molecule is CCNCCn1cc(S(=O)(=O)N(C)CC)cn1. The Labute approximate surface area is 103 Å². The third-order valence-corrected chi connectivity index (χ3v) is 4.42. The molecule has 0 atom stereocenters. The van der Waals surface area contributed by atoms with Gasteiger partial charge in [0.15, 0.2) is 0 Å². The summed E-state index contributed by atoms with van der Waals surface area (Å²) in [5.41, 5.74) is 0. The van der Waals surface area contributed by atoms with Crippen molar-refractivity contribution in [2.24, 2.45) is 0 Å². The Morgan fingerprint density at radius 2 is 2.18 bits per heavy atom. The molecule has 0 saturated heterocycles. The molecule has 1 N–H and O–H groups in total. The van der Waals surface area contributed by atoms with Crippen molar-refractivity contribution >= 4 is 10.0 Å². The van der Waals surface area contributed by atoms with Gasteiger partial charge in [-0.1, -0.05) is 13.8 Å². The number of sulfonamides is 1. The summed E-state index contributed by atoms with van der Waals surface area (Å²) in [4.78, 5) is 0.248. The summed E-state index contributed by atoms with van der Waals surface area (Å²) < 4.78 is 26.9. The Hall–Kier alpha value is -0.920. The summed E-state index contributed by atoms with van der Waals surface area (Å²) in [5, 5.41) is 7.20. The van der Waals surface area contributed by atoms with Crippen LogP contribution in [0.2, 0.25) is 0 Å². The van der Waals surface area contributed by atoms with Crippen LogP contribution in [0, 0.1) is 0 Å². The Morgan fingerprint density at radius 3 is 2.76 bits per heavy atom. The zero-order valence-electron chi connectivity index (χ0n) is 10.5. The van der Waals surface area contributed by atoms with Crippen molar-refractivity contribution in [3.63, 3.8) is 0 Å². The maximum Gasteiger partial charge on any atom is 0.245 e. The average molecular weight is 260 g/mol. The van der Waals surface area contributed by atoms with Crippen LogP contribution >= 0.6 is 0 Å². The lowest BCUT2D eigenvalue weighted by Crippen LogP contribution is -2.26. The van der Waals surface area contributed by atoms with Crippen LogP contribution in [0.25, 0.3) is 0 Å². The predicted octanol–water partition coefficient (Wildman–Crippen LogP) is 0.133. The normalized spacial score (nSPS) is 12.2. The highest BCUT2D eigenvalue weighted by Crippen LogP contribution is 2.12. The lowest BCUT2D eigenvalue weighted by molar-refractivity contribution is 0.486. The molecule has 0 aromatic carbocycles. The summed E-state index contributed by atoms with van der Waals surface area (Å²) in [7, 11) is -1.81. The molecule has 0 fully saturated rings. The molecule has 0 radical (unpaired) electrons. The van der Waals surface area contributed by atoms with E-state index in [1.165, 1.54) is 10.5 Å². The van der Waals surface area contributed by atoms with Gasteiger partial charge in [-0.15, -0.1) is 0 Å². The molecule has 0 spiro atoms. The molecule has 1 aromatic heterocycles. The fraction of sp³-hybridized carbons (Fsp3) is 0.700. The number of hydrogen-bond acceptors (Lipinski definition) is 4. The molecule has 1 rings (SSSR count). The lowest BCUT2D eigenvalue weighted by atomic mass is 10.6. The Kier molecular flexibility index (Phi) is 5.10. The largest absolute Gasteiger partial charge is 0.315 e. The van der Waals surface area contributed by atoms with Crippen LogP contribution in [0.5, 0.6) is 0 Å². The van der Waals surface area contributed by atoms with E-state index in [0.29, 0.717) is 13.1 Å². The molecular weight excluding hydrogens is 240 g/mol. The zero-order chi connectivity index (χ0) is 12.9. The maximum absolute atomic E-state index is 12.0. The van der Waals surface area contributed by atoms with Crippen LogP contribution in [-0.2, 0) is 16.6 Å². The average Bonchev–Trinajstić information content (AvgIpc) is 2.77. The van der Waals surface area contributed by atoms with Crippen molar-refractivity contribution < 1.29 is 8.42 Å². The van der Waals surface area contributed by atoms with Crippen LogP contribution in [0.3, 0.4) is 0 Å². The van der Waals surface area contributed by atoms with Gasteiger partial charge >= 0.3 is 0 Å². The second kappa shape index (κ2) is 6.13. The second-order valence-electron chi connectivity index (χ2n) is 3.71. The predicted molar refractivity (Wildman–Crippen MR) is 66.3 cm³/mol. The Balaban J connectivity index is 2.74. The molecule has 0 saturated carbocycles. The highest BCUT2D eigenvalue weighted by atomic mass is 32.2. The molecule has 6 nitrogen and oxygen atoms in total. The van der Waals surface area contributed by atoms with E-state index in [9.17, 15) is 8.42 Å². The van der Waals surface area contributed by atoms with E-state index in [0.717, 1.165) is 13.1 Å². The van der Waals surface area contributed by atoms with Gasteiger partial charge in [0.2, 0.25) is 10.0 Å². The van der Waals surface area contributed by atoms with Crippen LogP contribution in [0.1, 0.15) is 13.8 Å². The van der Waals surface area contributed by atoms with Crippen molar-refractivity contribution in [3.05, 3.63) is 12.4 Å². The minimum Gasteiger partial charge on any atom is -0.315 e. The molecule has 7 heteroatoms. The Bertz CT molecular complexity index is 441. The van der Waals surface area contributed by atoms with E-state index in [2.05, 4.69) is 10.4 Å². The first-order valence-electron chi connectivity index (χ1n) is 5.71. The van der Waals surface area contributed by atoms with Gasteiger partial charge in [-0.2, -0.15) is 5.10 Å². The number of nitrogens with zero attached hydrogens (tertiary/aromatic N) is 3. The third kappa shape index (κ3) is 3.52. The monoisotopic (exact) mass is 260 g/mol. The molecule has 0 unspecified atom stereocenters. The number of nitrogens with one attached hydrogen (secondary N) is 1. The quantitative estimate of drug-likeness (QED) is 0.708. The van der Waals surface area contributed by atoms with Gasteiger partial charge < -0.3 is 5.32 Å². The zero-order valence-corrected chi connectivity index (χ0v) is 11.4. The van der Waals surface area contributed by atoms with Crippen LogP contribution < -0.4 is 5.32 Å². The number of likely N-dealkylation sites (N-methyl/N-ethyl adjacent to an activating group) is 1. The van der Waals surface area contributed by atoms with Crippen LogP contribution in [0.15, 0.2) is 17.3 Å². The summed E-state index contributed by atoms with van der Waals surface area (Å²) in [6.45, 7) is 6.61. The fourth-order valence-corrected chi connectivity index (χ4v) is 2.46. The fourth-order valence-electron chi connectivity index (χ4n) is 1.32. The molecule has 0 amide bonds.